The Morgan fingerprint density at radius 3 is 2.46 bits per heavy atom. The Kier molecular flexibility index (Phi) is 8.63. The monoisotopic (exact) mass is 529 g/mol. The highest BCUT2D eigenvalue weighted by molar-refractivity contribution is 6.35. The van der Waals surface area contributed by atoms with Crippen molar-refractivity contribution in [2.75, 3.05) is 38.5 Å². The van der Waals surface area contributed by atoms with Crippen LogP contribution in [-0.4, -0.2) is 72.0 Å². The number of nitrogens with zero attached hydrogens (tertiary/aromatic N) is 1. The quantitative estimate of drug-likeness (QED) is 0.258. The molecule has 2 aromatic carbocycles. The molecule has 4 rings (SSSR count). The fourth-order valence-corrected chi connectivity index (χ4v) is 4.85. The molecule has 0 spiro atoms. The highest BCUT2D eigenvalue weighted by Gasteiger charge is 2.28. The summed E-state index contributed by atoms with van der Waals surface area (Å²) in [6, 6.07) is 14.5. The lowest BCUT2D eigenvalue weighted by Gasteiger charge is -2.22. The lowest BCUT2D eigenvalue weighted by molar-refractivity contribution is -0.110. The van der Waals surface area contributed by atoms with Crippen molar-refractivity contribution >= 4 is 35.1 Å². The number of aromatic nitrogens is 1. The van der Waals surface area contributed by atoms with Crippen LogP contribution in [0.25, 0.3) is 22.8 Å². The molecule has 0 fully saturated rings. The average Bonchev–Trinajstić information content (AvgIpc) is 3.45. The summed E-state index contributed by atoms with van der Waals surface area (Å²) in [6.07, 6.45) is 1.01. The number of nitrogens with one attached hydrogen (secondary N) is 4. The second-order valence-electron chi connectivity index (χ2n) is 9.48. The molecule has 0 bridgehead atoms. The van der Waals surface area contributed by atoms with E-state index in [0.29, 0.717) is 51.4 Å². The molecule has 0 saturated heterocycles. The van der Waals surface area contributed by atoms with Crippen molar-refractivity contribution in [2.24, 2.45) is 0 Å². The molecule has 1 unspecified atom stereocenters. The van der Waals surface area contributed by atoms with Gasteiger partial charge < -0.3 is 30.9 Å². The molecule has 2 heterocycles. The molecule has 204 valence electrons. The zero-order valence-corrected chi connectivity index (χ0v) is 22.7. The predicted molar refractivity (Wildman–Crippen MR) is 153 cm³/mol. The number of amides is 3. The summed E-state index contributed by atoms with van der Waals surface area (Å²) >= 11 is 0. The van der Waals surface area contributed by atoms with Gasteiger partial charge in [0.05, 0.1) is 17.2 Å². The standard InChI is InChI=1S/C30H35N5O4/c1-5-35(6-2)17-21(36)16-32-30(39)26-18(3)33-25(27(26)19-10-8-7-9-11-19)15-23-22-14-20(28(37)31-4)12-13-24(22)34-29(23)38/h7-15,21,33,36H,5-6,16-17H2,1-4H3,(H,31,37)(H,32,39)(H,34,38)/b23-15-. The molecular formula is C30H35N5O4. The summed E-state index contributed by atoms with van der Waals surface area (Å²) in [5.41, 5.74) is 5.18. The topological polar surface area (TPSA) is 127 Å². The number of anilines is 1. The molecule has 0 saturated carbocycles. The van der Waals surface area contributed by atoms with Crippen LogP contribution in [0.2, 0.25) is 0 Å². The van der Waals surface area contributed by atoms with Gasteiger partial charge in [-0.15, -0.1) is 0 Å². The van der Waals surface area contributed by atoms with Crippen LogP contribution in [0, 0.1) is 6.92 Å². The first kappa shape index (κ1) is 27.8. The third-order valence-electron chi connectivity index (χ3n) is 6.95. The number of aryl methyl sites for hydroxylation is 1. The highest BCUT2D eigenvalue weighted by Crippen LogP contribution is 2.37. The van der Waals surface area contributed by atoms with Gasteiger partial charge in [-0.05, 0) is 49.9 Å². The zero-order chi connectivity index (χ0) is 28.1. The van der Waals surface area contributed by atoms with Gasteiger partial charge >= 0.3 is 0 Å². The first-order valence-electron chi connectivity index (χ1n) is 13.1. The lowest BCUT2D eigenvalue weighted by atomic mass is 9.97. The van der Waals surface area contributed by atoms with Gasteiger partial charge in [0.1, 0.15) is 0 Å². The van der Waals surface area contributed by atoms with Crippen molar-refractivity contribution < 1.29 is 19.5 Å². The Hall–Kier alpha value is -4.21. The van der Waals surface area contributed by atoms with Gasteiger partial charge in [0.2, 0.25) is 0 Å². The molecule has 39 heavy (non-hydrogen) atoms. The van der Waals surface area contributed by atoms with E-state index >= 15 is 0 Å². The lowest BCUT2D eigenvalue weighted by Crippen LogP contribution is -2.40. The maximum atomic E-state index is 13.5. The number of H-pyrrole nitrogens is 1. The van der Waals surface area contributed by atoms with Crippen molar-refractivity contribution in [3.8, 4) is 11.1 Å². The third kappa shape index (κ3) is 5.94. The summed E-state index contributed by atoms with van der Waals surface area (Å²) in [4.78, 5) is 44.0. The number of carbonyl (C=O) groups is 3. The van der Waals surface area contributed by atoms with Gasteiger partial charge in [-0.1, -0.05) is 44.2 Å². The molecule has 1 atom stereocenters. The predicted octanol–water partition coefficient (Wildman–Crippen LogP) is 3.27. The van der Waals surface area contributed by atoms with Crippen LogP contribution in [-0.2, 0) is 4.79 Å². The van der Waals surface area contributed by atoms with Gasteiger partial charge in [0.15, 0.2) is 0 Å². The second-order valence-corrected chi connectivity index (χ2v) is 9.48. The summed E-state index contributed by atoms with van der Waals surface area (Å²) in [7, 11) is 1.55. The van der Waals surface area contributed by atoms with Crippen molar-refractivity contribution in [2.45, 2.75) is 26.9 Å². The van der Waals surface area contributed by atoms with Crippen LogP contribution in [0.3, 0.4) is 0 Å². The largest absolute Gasteiger partial charge is 0.390 e. The number of carbonyl (C=O) groups excluding carboxylic acids is 3. The molecule has 9 nitrogen and oxygen atoms in total. The number of hydrogen-bond donors (Lipinski definition) is 5. The molecule has 3 amide bonds. The minimum atomic E-state index is -0.705. The molecule has 5 N–H and O–H groups in total. The fraction of sp³-hybridized carbons (Fsp3) is 0.300. The first-order chi connectivity index (χ1) is 18.8. The number of hydrogen-bond acceptors (Lipinski definition) is 5. The van der Waals surface area contributed by atoms with Gasteiger partial charge in [-0.3, -0.25) is 14.4 Å². The van der Waals surface area contributed by atoms with E-state index in [9.17, 15) is 19.5 Å². The Balaban J connectivity index is 1.73. The first-order valence-corrected chi connectivity index (χ1v) is 13.1. The summed E-state index contributed by atoms with van der Waals surface area (Å²) in [5.74, 6) is -0.862. The zero-order valence-electron chi connectivity index (χ0n) is 22.7. The fourth-order valence-electron chi connectivity index (χ4n) is 4.85. The molecular weight excluding hydrogens is 494 g/mol. The van der Waals surface area contributed by atoms with Gasteiger partial charge in [0, 0.05) is 53.9 Å². The molecule has 0 radical (unpaired) electrons. The molecule has 9 heteroatoms. The second kappa shape index (κ2) is 12.1. The molecule has 1 aliphatic heterocycles. The van der Waals surface area contributed by atoms with Crippen molar-refractivity contribution in [3.05, 3.63) is 76.6 Å². The summed E-state index contributed by atoms with van der Waals surface area (Å²) < 4.78 is 0. The van der Waals surface area contributed by atoms with Crippen molar-refractivity contribution in [3.63, 3.8) is 0 Å². The van der Waals surface area contributed by atoms with E-state index in [1.807, 2.05) is 51.1 Å². The van der Waals surface area contributed by atoms with E-state index in [0.717, 1.165) is 18.7 Å². The summed E-state index contributed by atoms with van der Waals surface area (Å²) in [5, 5.41) is 18.8. The van der Waals surface area contributed by atoms with Crippen LogP contribution < -0.4 is 16.0 Å². The molecule has 1 aromatic heterocycles. The van der Waals surface area contributed by atoms with E-state index in [-0.39, 0.29) is 24.3 Å². The number of fused-ring (bicyclic) bond motifs is 1. The molecule has 0 aliphatic carbocycles. The van der Waals surface area contributed by atoms with E-state index in [1.165, 1.54) is 0 Å². The van der Waals surface area contributed by atoms with Gasteiger partial charge in [-0.2, -0.15) is 0 Å². The Morgan fingerprint density at radius 2 is 1.79 bits per heavy atom. The van der Waals surface area contributed by atoms with Crippen LogP contribution >= 0.6 is 0 Å². The number of benzene rings is 2. The Morgan fingerprint density at radius 1 is 1.08 bits per heavy atom. The Labute approximate surface area is 228 Å². The number of aromatic amines is 1. The van der Waals surface area contributed by atoms with Crippen molar-refractivity contribution in [1.82, 2.24) is 20.5 Å². The van der Waals surface area contributed by atoms with E-state index in [1.54, 1.807) is 31.3 Å². The average molecular weight is 530 g/mol. The molecule has 3 aromatic rings. The normalized spacial score (nSPS) is 14.3. The SMILES string of the molecule is CCN(CC)CC(O)CNC(=O)c1c(C)[nH]c(/C=C2\C(=O)Nc3ccc(C(=O)NC)cc32)c1-c1ccccc1. The van der Waals surface area contributed by atoms with Crippen LogP contribution in [0.4, 0.5) is 5.69 Å². The smallest absolute Gasteiger partial charge is 0.256 e. The Bertz CT molecular complexity index is 1410. The van der Waals surface area contributed by atoms with Gasteiger partial charge in [-0.25, -0.2) is 0 Å². The number of rotatable bonds is 10. The van der Waals surface area contributed by atoms with Crippen molar-refractivity contribution in [1.29, 1.82) is 0 Å². The van der Waals surface area contributed by atoms with E-state index in [2.05, 4.69) is 25.8 Å². The number of aliphatic hydroxyl groups is 1. The maximum absolute atomic E-state index is 13.5. The van der Waals surface area contributed by atoms with Gasteiger partial charge in [0.25, 0.3) is 17.7 Å². The van der Waals surface area contributed by atoms with Crippen LogP contribution in [0.1, 0.15) is 51.5 Å². The van der Waals surface area contributed by atoms with Crippen LogP contribution in [0.5, 0.6) is 0 Å². The number of likely N-dealkylation sites (N-methyl/N-ethyl adjacent to an activating group) is 1. The maximum Gasteiger partial charge on any atom is 0.256 e. The summed E-state index contributed by atoms with van der Waals surface area (Å²) in [6.45, 7) is 8.08. The van der Waals surface area contributed by atoms with E-state index < -0.39 is 6.10 Å². The number of aliphatic hydroxyl groups excluding tert-OH is 1. The van der Waals surface area contributed by atoms with Crippen LogP contribution in [0.15, 0.2) is 48.5 Å². The minimum Gasteiger partial charge on any atom is -0.390 e. The highest BCUT2D eigenvalue weighted by atomic mass is 16.3. The third-order valence-corrected chi connectivity index (χ3v) is 6.95. The molecule has 1 aliphatic rings. The van der Waals surface area contributed by atoms with E-state index in [4.69, 9.17) is 0 Å². The minimum absolute atomic E-state index is 0.114.